The summed E-state index contributed by atoms with van der Waals surface area (Å²) in [6.07, 6.45) is 34.4. The average Bonchev–Trinajstić information content (AvgIpc) is 3.03. The zero-order valence-electron chi connectivity index (χ0n) is 31.1. The zero-order valence-corrected chi connectivity index (χ0v) is 31.1. The molecule has 2 unspecified atom stereocenters. The molecule has 8 nitrogen and oxygen atoms in total. The summed E-state index contributed by atoms with van der Waals surface area (Å²) in [6, 6.07) is -0.731. The molecule has 0 spiro atoms. The minimum absolute atomic E-state index is 0.0230. The molecule has 0 fully saturated rings. The van der Waals surface area contributed by atoms with Gasteiger partial charge in [0.2, 0.25) is 0 Å². The number of aliphatic carboxylic acids is 1. The molecule has 0 bridgehead atoms. The third-order valence-corrected chi connectivity index (χ3v) is 7.97. The van der Waals surface area contributed by atoms with Crippen LogP contribution in [0.1, 0.15) is 136 Å². The average molecular weight is 676 g/mol. The van der Waals surface area contributed by atoms with Crippen LogP contribution < -0.4 is 5.11 Å². The lowest BCUT2D eigenvalue weighted by Crippen LogP contribution is -2.55. The predicted octanol–water partition coefficient (Wildman–Crippen LogP) is 7.96. The zero-order chi connectivity index (χ0) is 35.7. The number of hydrogen-bond acceptors (Lipinski definition) is 7. The summed E-state index contributed by atoms with van der Waals surface area (Å²) in [5.74, 6) is -1.82. The number of nitrogens with zero attached hydrogens (tertiary/aromatic N) is 1. The van der Waals surface area contributed by atoms with E-state index in [0.717, 1.165) is 44.9 Å². The van der Waals surface area contributed by atoms with Crippen molar-refractivity contribution in [2.45, 2.75) is 148 Å². The number of allylic oxidation sites excluding steroid dienone is 8. The van der Waals surface area contributed by atoms with E-state index in [1.165, 1.54) is 51.4 Å². The molecule has 0 aromatic heterocycles. The van der Waals surface area contributed by atoms with Crippen molar-refractivity contribution in [1.82, 2.24) is 0 Å². The molecular formula is C40H69NO7. The first-order chi connectivity index (χ1) is 23.1. The second-order valence-electron chi connectivity index (χ2n) is 13.5. The van der Waals surface area contributed by atoms with E-state index in [-0.39, 0.29) is 49.1 Å². The van der Waals surface area contributed by atoms with Crippen LogP contribution in [0, 0.1) is 0 Å². The smallest absolute Gasteiger partial charge is 0.306 e. The number of rotatable bonds is 32. The number of ether oxygens (including phenoxy) is 3. The Kier molecular flexibility index (Phi) is 29.8. The van der Waals surface area contributed by atoms with Crippen LogP contribution in [-0.2, 0) is 28.6 Å². The Hall–Kier alpha value is -2.71. The lowest BCUT2D eigenvalue weighted by molar-refractivity contribution is -0.889. The van der Waals surface area contributed by atoms with Crippen LogP contribution >= 0.6 is 0 Å². The highest BCUT2D eigenvalue weighted by molar-refractivity contribution is 5.70. The van der Waals surface area contributed by atoms with Gasteiger partial charge in [-0.2, -0.15) is 0 Å². The van der Waals surface area contributed by atoms with E-state index in [1.807, 2.05) is 0 Å². The second kappa shape index (κ2) is 31.6. The molecule has 276 valence electrons. The van der Waals surface area contributed by atoms with E-state index in [0.29, 0.717) is 12.8 Å². The Morgan fingerprint density at radius 1 is 0.625 bits per heavy atom. The van der Waals surface area contributed by atoms with Crippen LogP contribution in [0.5, 0.6) is 0 Å². The van der Waals surface area contributed by atoms with Crippen molar-refractivity contribution in [2.75, 3.05) is 41.0 Å². The van der Waals surface area contributed by atoms with Gasteiger partial charge in [-0.15, -0.1) is 0 Å². The molecule has 0 amide bonds. The maximum atomic E-state index is 12.5. The van der Waals surface area contributed by atoms with E-state index in [4.69, 9.17) is 14.2 Å². The van der Waals surface area contributed by atoms with Crippen molar-refractivity contribution in [1.29, 1.82) is 0 Å². The van der Waals surface area contributed by atoms with Gasteiger partial charge in [0.05, 0.1) is 40.3 Å². The fourth-order valence-electron chi connectivity index (χ4n) is 5.00. The number of esters is 2. The molecule has 0 aromatic rings. The molecule has 0 N–H and O–H groups in total. The first-order valence-corrected chi connectivity index (χ1v) is 18.7. The molecule has 0 saturated heterocycles. The number of likely N-dealkylation sites (N-methyl/N-ethyl adjacent to an activating group) is 1. The lowest BCUT2D eigenvalue weighted by atomic mass is 10.1. The normalized spacial score (nSPS) is 13.6. The van der Waals surface area contributed by atoms with Crippen molar-refractivity contribution in [3.05, 3.63) is 48.6 Å². The number of carbonyl (C=O) groups is 3. The molecule has 0 aromatic carbocycles. The van der Waals surface area contributed by atoms with E-state index < -0.39 is 18.1 Å². The Balaban J connectivity index is 4.45. The third-order valence-electron chi connectivity index (χ3n) is 7.97. The Morgan fingerprint density at radius 2 is 1.12 bits per heavy atom. The van der Waals surface area contributed by atoms with Gasteiger partial charge in [0.15, 0.2) is 6.10 Å². The second-order valence-corrected chi connectivity index (χ2v) is 13.5. The summed E-state index contributed by atoms with van der Waals surface area (Å²) >= 11 is 0. The molecule has 0 rings (SSSR count). The first-order valence-electron chi connectivity index (χ1n) is 18.7. The van der Waals surface area contributed by atoms with Gasteiger partial charge < -0.3 is 28.6 Å². The van der Waals surface area contributed by atoms with Crippen LogP contribution in [0.3, 0.4) is 0 Å². The molecule has 8 heteroatoms. The van der Waals surface area contributed by atoms with Crippen LogP contribution in [0.25, 0.3) is 0 Å². The largest absolute Gasteiger partial charge is 0.544 e. The number of hydrogen-bond donors (Lipinski definition) is 0. The fourth-order valence-corrected chi connectivity index (χ4v) is 5.00. The van der Waals surface area contributed by atoms with E-state index in [1.54, 1.807) is 21.1 Å². The van der Waals surface area contributed by atoms with Crippen LogP contribution in [-0.4, -0.2) is 75.5 Å². The van der Waals surface area contributed by atoms with Crippen molar-refractivity contribution in [2.24, 2.45) is 0 Å². The van der Waals surface area contributed by atoms with Gasteiger partial charge in [-0.05, 0) is 51.4 Å². The molecule has 0 heterocycles. The van der Waals surface area contributed by atoms with Gasteiger partial charge in [0.25, 0.3) is 0 Å². The molecule has 2 atom stereocenters. The van der Waals surface area contributed by atoms with E-state index in [9.17, 15) is 19.5 Å². The number of unbranched alkanes of at least 4 members (excludes halogenated alkanes) is 10. The molecule has 48 heavy (non-hydrogen) atoms. The van der Waals surface area contributed by atoms with Crippen LogP contribution in [0.15, 0.2) is 48.6 Å². The highest BCUT2D eigenvalue weighted by atomic mass is 16.6. The minimum atomic E-state index is -1.14. The van der Waals surface area contributed by atoms with Crippen LogP contribution in [0.2, 0.25) is 0 Å². The number of carbonyl (C=O) groups excluding carboxylic acids is 3. The quantitative estimate of drug-likeness (QED) is 0.0309. The Bertz CT molecular complexity index is 932. The highest BCUT2D eigenvalue weighted by Gasteiger charge is 2.25. The summed E-state index contributed by atoms with van der Waals surface area (Å²) in [7, 11) is 5.37. The first kappa shape index (κ1) is 45.3. The summed E-state index contributed by atoms with van der Waals surface area (Å²) in [6.45, 7) is 4.50. The molecule has 0 aliphatic rings. The molecule has 0 aliphatic heterocycles. The van der Waals surface area contributed by atoms with Gasteiger partial charge in [0.1, 0.15) is 12.6 Å². The molecule has 0 saturated carbocycles. The Labute approximate surface area is 293 Å². The number of quaternary nitrogens is 1. The Morgan fingerprint density at radius 3 is 1.69 bits per heavy atom. The van der Waals surface area contributed by atoms with E-state index >= 15 is 0 Å². The minimum Gasteiger partial charge on any atom is -0.544 e. The highest BCUT2D eigenvalue weighted by Crippen LogP contribution is 2.11. The SMILES string of the molecule is CCCCC/C=C/C/C=C/C/C=C/C/C=C/CCCC(=O)OCC(COCCC(C(=O)[O-])[N+](C)(C)C)OC(=O)CCCCCCCCC. The lowest BCUT2D eigenvalue weighted by Gasteiger charge is -2.34. The number of carboxylic acids is 1. The van der Waals surface area contributed by atoms with Gasteiger partial charge in [0, 0.05) is 19.3 Å². The maximum Gasteiger partial charge on any atom is 0.306 e. The van der Waals surface area contributed by atoms with Crippen molar-refractivity contribution in [3.63, 3.8) is 0 Å². The van der Waals surface area contributed by atoms with Crippen LogP contribution in [0.4, 0.5) is 0 Å². The summed E-state index contributed by atoms with van der Waals surface area (Å²) in [4.78, 5) is 36.4. The maximum absolute atomic E-state index is 12.5. The number of carboxylic acid groups (broad SMARTS) is 1. The van der Waals surface area contributed by atoms with Crippen molar-refractivity contribution in [3.8, 4) is 0 Å². The van der Waals surface area contributed by atoms with Gasteiger partial charge >= 0.3 is 11.9 Å². The predicted molar refractivity (Wildman–Crippen MR) is 194 cm³/mol. The summed E-state index contributed by atoms with van der Waals surface area (Å²) in [5.41, 5.74) is 0. The standard InChI is InChI=1S/C40H69NO7/c1-6-8-10-12-14-15-16-17-18-19-20-21-22-23-25-26-28-30-38(42)47-35-36(34-46-33-32-37(40(44)45)41(3,4)5)48-39(43)31-29-27-24-13-11-9-7-2/h14-15,17-18,20-21,23,25,36-37H,6-13,16,19,22,24,26-35H2,1-5H3/b15-14+,18-17+,21-20+,25-23+. The molecule has 0 aliphatic carbocycles. The third kappa shape index (κ3) is 29.4. The molecular weight excluding hydrogens is 606 g/mol. The summed E-state index contributed by atoms with van der Waals surface area (Å²) < 4.78 is 16.9. The van der Waals surface area contributed by atoms with Crippen molar-refractivity contribution >= 4 is 17.9 Å². The fraction of sp³-hybridized carbons (Fsp3) is 0.725. The summed E-state index contributed by atoms with van der Waals surface area (Å²) in [5, 5.41) is 11.5. The topological polar surface area (TPSA) is 102 Å². The van der Waals surface area contributed by atoms with Gasteiger partial charge in [-0.25, -0.2) is 0 Å². The molecule has 0 radical (unpaired) electrons. The van der Waals surface area contributed by atoms with Gasteiger partial charge in [-0.1, -0.05) is 114 Å². The van der Waals surface area contributed by atoms with E-state index in [2.05, 4.69) is 62.5 Å². The monoisotopic (exact) mass is 676 g/mol. The van der Waals surface area contributed by atoms with Gasteiger partial charge in [-0.3, -0.25) is 9.59 Å². The van der Waals surface area contributed by atoms with Crippen molar-refractivity contribution < 1.29 is 38.2 Å².